The second-order valence-corrected chi connectivity index (χ2v) is 11.5. The van der Waals surface area contributed by atoms with Gasteiger partial charge in [-0.2, -0.15) is 0 Å². The van der Waals surface area contributed by atoms with Gasteiger partial charge in [0.1, 0.15) is 17.7 Å². The van der Waals surface area contributed by atoms with Crippen LogP contribution in [0.1, 0.15) is 60.3 Å². The minimum absolute atomic E-state index is 0.135. The Kier molecular flexibility index (Phi) is 9.98. The first kappa shape index (κ1) is 30.8. The molecule has 39 heavy (non-hydrogen) atoms. The minimum atomic E-state index is -1.18. The molecule has 3 fully saturated rings. The molecule has 3 saturated heterocycles. The van der Waals surface area contributed by atoms with Crippen molar-refractivity contribution in [1.82, 2.24) is 15.1 Å². The number of ether oxygens (including phenoxy) is 2. The molecule has 3 amide bonds. The summed E-state index contributed by atoms with van der Waals surface area (Å²) in [7, 11) is 0. The Morgan fingerprint density at radius 1 is 1.23 bits per heavy atom. The lowest BCUT2D eigenvalue weighted by atomic mass is 9.70. The van der Waals surface area contributed by atoms with Crippen molar-refractivity contribution in [2.45, 2.75) is 96.2 Å². The largest absolute Gasteiger partial charge is 0.460 e. The fourth-order valence-electron chi connectivity index (χ4n) is 6.36. The van der Waals surface area contributed by atoms with Gasteiger partial charge in [-0.1, -0.05) is 26.0 Å². The average Bonchev–Trinajstić information content (AvgIpc) is 3.52. The number of carbonyl (C=O) groups excluding carboxylic acids is 4. The number of esters is 1. The maximum Gasteiger partial charge on any atom is 0.312 e. The molecule has 0 unspecified atom stereocenters. The Balaban J connectivity index is 1.90. The molecule has 7 atom stereocenters. The molecule has 2 N–H and O–H groups in total. The Morgan fingerprint density at radius 3 is 2.49 bits per heavy atom. The number of carbonyl (C=O) groups is 4. The third-order valence-corrected chi connectivity index (χ3v) is 8.27. The van der Waals surface area contributed by atoms with Gasteiger partial charge in [0.15, 0.2) is 0 Å². The molecule has 0 aliphatic carbocycles. The highest BCUT2D eigenvalue weighted by molar-refractivity contribution is 5.98. The summed E-state index contributed by atoms with van der Waals surface area (Å²) in [4.78, 5) is 56.8. The van der Waals surface area contributed by atoms with Crippen molar-refractivity contribution in [2.24, 2.45) is 17.8 Å². The van der Waals surface area contributed by atoms with Crippen LogP contribution in [0.3, 0.4) is 0 Å². The number of allylic oxidation sites excluding steroid dienone is 1. The van der Waals surface area contributed by atoms with Gasteiger partial charge in [-0.3, -0.25) is 19.2 Å². The maximum absolute atomic E-state index is 14.1. The average molecular weight is 548 g/mol. The Bertz CT molecular complexity index is 967. The predicted molar refractivity (Wildman–Crippen MR) is 145 cm³/mol. The van der Waals surface area contributed by atoms with E-state index in [1.54, 1.807) is 24.0 Å². The van der Waals surface area contributed by atoms with Gasteiger partial charge in [-0.25, -0.2) is 0 Å². The molecular weight excluding hydrogens is 502 g/mol. The summed E-state index contributed by atoms with van der Waals surface area (Å²) < 4.78 is 12.2. The Labute approximate surface area is 231 Å². The van der Waals surface area contributed by atoms with Crippen LogP contribution in [-0.2, 0) is 28.7 Å². The number of aliphatic hydroxyl groups excluding tert-OH is 1. The molecule has 0 aromatic rings. The maximum atomic E-state index is 14.1. The Morgan fingerprint density at radius 2 is 1.92 bits per heavy atom. The summed E-state index contributed by atoms with van der Waals surface area (Å²) in [6.07, 6.45) is 3.96. The lowest BCUT2D eigenvalue weighted by molar-refractivity contribution is -0.160. The van der Waals surface area contributed by atoms with Gasteiger partial charge in [-0.15, -0.1) is 13.2 Å². The van der Waals surface area contributed by atoms with Gasteiger partial charge in [-0.05, 0) is 46.0 Å². The number of fused-ring (bicyclic) bond motifs is 1. The standard InChI is InChI=1S/C29H45N3O7/c1-8-10-11-22(34)30-15-19(7)38-28(37)23-21-12-13-29(39-21)24(23)26(35)32(20(16-33)17(3)4)25(29)27(36)31(14-9-2)18(5)6/h8-9,17-21,23-25,33H,1-2,10-16H2,3-7H3,(H,30,34)/t19-,20-,21+,23-,24-,25+,29-/m0/s1. The summed E-state index contributed by atoms with van der Waals surface area (Å²) in [5, 5.41) is 13.0. The lowest BCUT2D eigenvalue weighted by Crippen LogP contribution is -2.60. The van der Waals surface area contributed by atoms with Gasteiger partial charge in [0.25, 0.3) is 0 Å². The van der Waals surface area contributed by atoms with Crippen molar-refractivity contribution in [3.63, 3.8) is 0 Å². The van der Waals surface area contributed by atoms with Gasteiger partial charge in [0.2, 0.25) is 17.7 Å². The molecule has 0 aromatic carbocycles. The zero-order valence-electron chi connectivity index (χ0n) is 23.9. The van der Waals surface area contributed by atoms with Gasteiger partial charge in [0, 0.05) is 19.0 Å². The lowest BCUT2D eigenvalue weighted by Gasteiger charge is -2.41. The number of hydrogen-bond acceptors (Lipinski definition) is 7. The highest BCUT2D eigenvalue weighted by Crippen LogP contribution is 2.59. The fourth-order valence-corrected chi connectivity index (χ4v) is 6.36. The van der Waals surface area contributed by atoms with Crippen LogP contribution in [0.5, 0.6) is 0 Å². The zero-order chi connectivity index (χ0) is 29.1. The zero-order valence-corrected chi connectivity index (χ0v) is 23.9. The van der Waals surface area contributed by atoms with E-state index in [-0.39, 0.29) is 42.8 Å². The predicted octanol–water partition coefficient (Wildman–Crippen LogP) is 1.82. The molecule has 0 saturated carbocycles. The summed E-state index contributed by atoms with van der Waals surface area (Å²) in [5.74, 6) is -3.27. The summed E-state index contributed by atoms with van der Waals surface area (Å²) in [5.41, 5.74) is -1.18. The van der Waals surface area contributed by atoms with E-state index in [1.165, 1.54) is 4.90 Å². The molecule has 0 radical (unpaired) electrons. The molecule has 0 aromatic heterocycles. The molecule has 3 heterocycles. The molecular formula is C29H45N3O7. The quantitative estimate of drug-likeness (QED) is 0.251. The summed E-state index contributed by atoms with van der Waals surface area (Å²) in [6.45, 7) is 16.8. The van der Waals surface area contributed by atoms with E-state index in [2.05, 4.69) is 18.5 Å². The highest BCUT2D eigenvalue weighted by Gasteiger charge is 2.75. The molecule has 218 valence electrons. The molecule has 10 nitrogen and oxygen atoms in total. The molecule has 3 aliphatic rings. The van der Waals surface area contributed by atoms with E-state index < -0.39 is 47.7 Å². The number of hydrogen-bond donors (Lipinski definition) is 2. The third-order valence-electron chi connectivity index (χ3n) is 8.27. The monoisotopic (exact) mass is 547 g/mol. The first-order chi connectivity index (χ1) is 18.4. The van der Waals surface area contributed by atoms with Gasteiger partial charge in [0.05, 0.1) is 37.1 Å². The van der Waals surface area contributed by atoms with Crippen LogP contribution in [0.4, 0.5) is 0 Å². The van der Waals surface area contributed by atoms with Crippen molar-refractivity contribution in [3.05, 3.63) is 25.3 Å². The molecule has 1 spiro atoms. The second kappa shape index (κ2) is 12.6. The van der Waals surface area contributed by atoms with Crippen LogP contribution < -0.4 is 5.32 Å². The molecule has 3 aliphatic heterocycles. The normalized spacial score (nSPS) is 28.8. The van der Waals surface area contributed by atoms with E-state index in [9.17, 15) is 24.3 Å². The first-order valence-electron chi connectivity index (χ1n) is 14.0. The van der Waals surface area contributed by atoms with Crippen molar-refractivity contribution in [1.29, 1.82) is 0 Å². The first-order valence-corrected chi connectivity index (χ1v) is 14.0. The minimum Gasteiger partial charge on any atom is -0.460 e. The summed E-state index contributed by atoms with van der Waals surface area (Å²) >= 11 is 0. The third kappa shape index (κ3) is 5.77. The van der Waals surface area contributed by atoms with Crippen molar-refractivity contribution < 1.29 is 33.8 Å². The van der Waals surface area contributed by atoms with Crippen LogP contribution in [0.25, 0.3) is 0 Å². The molecule has 2 bridgehead atoms. The topological polar surface area (TPSA) is 125 Å². The SMILES string of the molecule is C=CCCC(=O)NC[C@H](C)OC(=O)[C@@H]1[C@H]2C(=O)N([C@@H](CO)C(C)C)[C@H](C(=O)N(CC=C)C(C)C)[C@]23CC[C@H]1O3. The second-order valence-electron chi connectivity index (χ2n) is 11.5. The number of aliphatic hydroxyl groups is 1. The number of nitrogens with one attached hydrogen (secondary N) is 1. The van der Waals surface area contributed by atoms with E-state index in [0.717, 1.165) is 0 Å². The fraction of sp³-hybridized carbons (Fsp3) is 0.724. The number of nitrogens with zero attached hydrogens (tertiary/aromatic N) is 2. The highest BCUT2D eigenvalue weighted by atomic mass is 16.6. The van der Waals surface area contributed by atoms with E-state index in [4.69, 9.17) is 9.47 Å². The number of amides is 3. The number of likely N-dealkylation sites (tertiary alicyclic amines) is 1. The van der Waals surface area contributed by atoms with Gasteiger partial charge >= 0.3 is 5.97 Å². The van der Waals surface area contributed by atoms with Crippen molar-refractivity contribution in [3.8, 4) is 0 Å². The van der Waals surface area contributed by atoms with E-state index in [1.807, 2.05) is 27.7 Å². The molecule has 3 rings (SSSR count). The van der Waals surface area contributed by atoms with E-state index >= 15 is 0 Å². The van der Waals surface area contributed by atoms with Crippen LogP contribution >= 0.6 is 0 Å². The van der Waals surface area contributed by atoms with E-state index in [0.29, 0.717) is 32.2 Å². The van der Waals surface area contributed by atoms with Gasteiger partial charge < -0.3 is 29.7 Å². The van der Waals surface area contributed by atoms with Crippen molar-refractivity contribution >= 4 is 23.7 Å². The number of rotatable bonds is 14. The van der Waals surface area contributed by atoms with Crippen LogP contribution in [0.15, 0.2) is 25.3 Å². The Hall–Kier alpha value is -2.72. The smallest absolute Gasteiger partial charge is 0.312 e. The summed E-state index contributed by atoms with van der Waals surface area (Å²) in [6, 6.07) is -1.74. The van der Waals surface area contributed by atoms with Crippen LogP contribution in [0, 0.1) is 17.8 Å². The van der Waals surface area contributed by atoms with Crippen molar-refractivity contribution in [2.75, 3.05) is 19.7 Å². The van der Waals surface area contributed by atoms with Crippen LogP contribution in [0.2, 0.25) is 0 Å². The molecule has 10 heteroatoms. The van der Waals surface area contributed by atoms with Crippen LogP contribution in [-0.4, -0.2) is 94.2 Å².